The zero-order valence-corrected chi connectivity index (χ0v) is 39.3. The molecule has 67 heavy (non-hydrogen) atoms. The van der Waals surface area contributed by atoms with Gasteiger partial charge < -0.3 is 35.5 Å². The van der Waals surface area contributed by atoms with Gasteiger partial charge in [-0.2, -0.15) is 33.7 Å². The topological polar surface area (TPSA) is 330 Å². The van der Waals surface area contributed by atoms with Crippen LogP contribution in [0.15, 0.2) is 67.8 Å². The molecule has 5 rings (SSSR count). The summed E-state index contributed by atoms with van der Waals surface area (Å²) in [5, 5.41) is 53.3. The van der Waals surface area contributed by atoms with E-state index >= 15 is 0 Å². The Bertz CT molecular complexity index is 2930. The molecule has 0 saturated heterocycles. The fraction of sp³-hybridized carbons (Fsp3) is 0.308. The van der Waals surface area contributed by atoms with Crippen LogP contribution in [0.2, 0.25) is 0 Å². The van der Waals surface area contributed by atoms with Crippen molar-refractivity contribution in [2.45, 2.75) is 32.6 Å². The minimum Gasteiger partial charge on any atom is -0.395 e. The first-order chi connectivity index (χ1) is 32.1. The van der Waals surface area contributed by atoms with E-state index in [-0.39, 0.29) is 71.8 Å². The smallest absolute Gasteiger partial charge is 0.395 e. The first-order valence-corrected chi connectivity index (χ1v) is 23.8. The van der Waals surface area contributed by atoms with Crippen LogP contribution in [-0.2, 0) is 20.7 Å². The molecule has 3 aromatic heterocycles. The maximum atomic E-state index is 12.1. The van der Waals surface area contributed by atoms with Crippen molar-refractivity contribution in [2.24, 2.45) is 20.5 Å². The third-order valence-corrected chi connectivity index (χ3v) is 12.2. The summed E-state index contributed by atoms with van der Waals surface area (Å²) in [6, 6.07) is 13.7. The maximum absolute atomic E-state index is 12.1. The average Bonchev–Trinajstić information content (AvgIpc) is 3.90. The highest BCUT2D eigenvalue weighted by atomic mass is 32.2. The Morgan fingerprint density at radius 3 is 1.67 bits per heavy atom. The number of azo groups is 2. The molecule has 5 N–H and O–H groups in total. The molecule has 0 unspecified atom stereocenters. The number of aromatic nitrogens is 3. The lowest BCUT2D eigenvalue weighted by Crippen LogP contribution is -2.31. The van der Waals surface area contributed by atoms with Gasteiger partial charge in [-0.3, -0.25) is 14.1 Å². The van der Waals surface area contributed by atoms with Crippen molar-refractivity contribution in [1.29, 1.82) is 5.26 Å². The Balaban J connectivity index is 0.00000235. The first kappa shape index (κ1) is 52.4. The van der Waals surface area contributed by atoms with Crippen LogP contribution in [-0.4, -0.2) is 116 Å². The summed E-state index contributed by atoms with van der Waals surface area (Å²) in [5.41, 5.74) is 2.41. The molecule has 0 saturated carbocycles. The molecular weight excluding hydrogens is 953 g/mol. The number of thiophene rings is 2. The van der Waals surface area contributed by atoms with Crippen LogP contribution < -0.4 is 25.3 Å². The molecule has 0 aliphatic carbocycles. The summed E-state index contributed by atoms with van der Waals surface area (Å²) in [4.78, 5) is 45.3. The molecule has 0 atom stereocenters. The van der Waals surface area contributed by atoms with Crippen LogP contribution in [0, 0.1) is 17.9 Å². The number of anilines is 7. The number of hydrogen-bond donors (Lipinski definition) is 5. The number of rotatable bonds is 22. The van der Waals surface area contributed by atoms with E-state index in [1.54, 1.807) is 35.2 Å². The van der Waals surface area contributed by atoms with Gasteiger partial charge in [-0.05, 0) is 70.2 Å². The van der Waals surface area contributed by atoms with Crippen LogP contribution in [0.4, 0.5) is 67.7 Å². The third-order valence-electron chi connectivity index (χ3n) is 9.15. The normalized spacial score (nSPS) is 11.1. The highest BCUT2D eigenvalue weighted by Gasteiger charge is 2.27. The van der Waals surface area contributed by atoms with Crippen LogP contribution in [0.25, 0.3) is 4.85 Å². The predicted molar refractivity (Wildman–Crippen MR) is 251 cm³/mol. The highest BCUT2D eigenvalue weighted by Crippen LogP contribution is 2.42. The molecule has 5 aromatic rings. The fourth-order valence-electron chi connectivity index (χ4n) is 6.13. The van der Waals surface area contributed by atoms with E-state index in [0.29, 0.717) is 65.7 Å². The molecule has 28 heteroatoms. The molecule has 352 valence electrons. The summed E-state index contributed by atoms with van der Waals surface area (Å²) in [5.74, 6) is 0.0199. The van der Waals surface area contributed by atoms with Gasteiger partial charge in [0.05, 0.1) is 40.9 Å². The standard InChI is InChI=1S/C39H42N14O7S3.O3S/c1-6-51(7-2)24-10-12-28(47-49-35-27(21-40)34(63(58,59)60)33(23-57)62-35)30(18-24)42-37-44-38(46-39(45-37)53(14-16-54)15-17-55)43-31-19-25(52(8-3)9-4)11-13-29(31)48-50-36-32(41-5)20-26(22-56)61-36;1-4(2)3/h10-13,18-20,22-23,54-55H,6-9,14-17H2,1-4H3,(H,58,59,60)(H2,42,43,44,45,46);. The molecule has 0 aliphatic rings. The molecule has 0 bridgehead atoms. The van der Waals surface area contributed by atoms with Gasteiger partial charge in [-0.15, -0.1) is 50.6 Å². The zero-order valence-electron chi connectivity index (χ0n) is 36.1. The van der Waals surface area contributed by atoms with Gasteiger partial charge in [0.1, 0.15) is 32.9 Å². The van der Waals surface area contributed by atoms with Crippen molar-refractivity contribution >= 4 is 124 Å². The van der Waals surface area contributed by atoms with Crippen molar-refractivity contribution in [3.8, 4) is 6.07 Å². The van der Waals surface area contributed by atoms with Gasteiger partial charge in [0.2, 0.25) is 23.5 Å². The molecule has 0 aliphatic heterocycles. The Labute approximate surface area is 393 Å². The van der Waals surface area contributed by atoms with E-state index in [1.165, 1.54) is 6.07 Å². The second-order valence-corrected chi connectivity index (χ2v) is 16.9. The summed E-state index contributed by atoms with van der Waals surface area (Å²) < 4.78 is 59.3. The second-order valence-electron chi connectivity index (χ2n) is 13.1. The second kappa shape index (κ2) is 24.9. The number of benzene rings is 2. The number of aliphatic hydroxyl groups is 2. The number of carbonyl (C=O) groups is 2. The van der Waals surface area contributed by atoms with E-state index in [9.17, 15) is 38.0 Å². The van der Waals surface area contributed by atoms with E-state index < -0.39 is 36.1 Å². The van der Waals surface area contributed by atoms with Crippen LogP contribution >= 0.6 is 22.7 Å². The molecule has 0 spiro atoms. The van der Waals surface area contributed by atoms with Crippen LogP contribution in [0.5, 0.6) is 0 Å². The van der Waals surface area contributed by atoms with Gasteiger partial charge in [-0.25, -0.2) is 4.85 Å². The predicted octanol–water partition coefficient (Wildman–Crippen LogP) is 7.09. The summed E-state index contributed by atoms with van der Waals surface area (Å²) in [7, 11) is -8.07. The largest absolute Gasteiger partial charge is 0.425 e. The van der Waals surface area contributed by atoms with Crippen molar-refractivity contribution in [3.05, 3.63) is 69.2 Å². The minimum atomic E-state index is -4.96. The number of hydrogen-bond acceptors (Lipinski definition) is 24. The molecule has 2 aromatic carbocycles. The average molecular weight is 995 g/mol. The summed E-state index contributed by atoms with van der Waals surface area (Å²) in [6.07, 6.45) is 0.837. The van der Waals surface area contributed by atoms with Crippen molar-refractivity contribution in [3.63, 3.8) is 0 Å². The molecule has 0 amide bonds. The van der Waals surface area contributed by atoms with E-state index in [2.05, 4.69) is 60.7 Å². The lowest BCUT2D eigenvalue weighted by atomic mass is 10.2. The lowest BCUT2D eigenvalue weighted by molar-refractivity contribution is 0.111. The van der Waals surface area contributed by atoms with E-state index in [0.717, 1.165) is 22.7 Å². The Morgan fingerprint density at radius 1 is 0.776 bits per heavy atom. The van der Waals surface area contributed by atoms with Gasteiger partial charge in [0.25, 0.3) is 10.1 Å². The van der Waals surface area contributed by atoms with Crippen LogP contribution in [0.1, 0.15) is 52.6 Å². The quantitative estimate of drug-likeness (QED) is 0.0200. The van der Waals surface area contributed by atoms with Gasteiger partial charge >= 0.3 is 10.6 Å². The molecule has 24 nitrogen and oxygen atoms in total. The number of nitriles is 1. The zero-order chi connectivity index (χ0) is 49.3. The lowest BCUT2D eigenvalue weighted by Gasteiger charge is -2.24. The summed E-state index contributed by atoms with van der Waals surface area (Å²) in [6.45, 7) is 17.6. The third kappa shape index (κ3) is 13.9. The molecule has 3 heterocycles. The number of carbonyl (C=O) groups excluding carboxylic acids is 2. The van der Waals surface area contributed by atoms with Crippen molar-refractivity contribution in [1.82, 2.24) is 15.0 Å². The van der Waals surface area contributed by atoms with Crippen molar-refractivity contribution < 1.29 is 45.4 Å². The van der Waals surface area contributed by atoms with E-state index in [4.69, 9.17) is 19.2 Å². The van der Waals surface area contributed by atoms with Gasteiger partial charge in [0.15, 0.2) is 17.6 Å². The minimum absolute atomic E-state index is 0.00260. The number of nitrogens with one attached hydrogen (secondary N) is 2. The highest BCUT2D eigenvalue weighted by molar-refractivity contribution is 7.86. The molecular formula is C39H42N14O10S4. The summed E-state index contributed by atoms with van der Waals surface area (Å²) >= 11 is 1.58. The Morgan fingerprint density at radius 2 is 1.27 bits per heavy atom. The number of aldehydes is 2. The van der Waals surface area contributed by atoms with Gasteiger partial charge in [0, 0.05) is 50.6 Å². The monoisotopic (exact) mass is 994 g/mol. The first-order valence-electron chi connectivity index (χ1n) is 19.7. The molecule has 0 fully saturated rings. The SMILES string of the molecule is O=S(=O)=O.[C-]#[N+]c1cc(C=O)sc1N=Nc1ccc(N(CC)CC)cc1Nc1nc(Nc2cc(N(CC)CC)ccc2N=Nc2sc(C=O)c(S(=O)(=O)O)c2C#N)nc(N(CCO)CCO)n1. The molecule has 0 radical (unpaired) electrons. The maximum Gasteiger partial charge on any atom is 0.425 e. The van der Waals surface area contributed by atoms with Gasteiger partial charge in [-0.1, -0.05) is 0 Å². The van der Waals surface area contributed by atoms with Crippen molar-refractivity contribution in [2.75, 3.05) is 77.8 Å². The Hall–Kier alpha value is -7.18. The van der Waals surface area contributed by atoms with E-state index in [1.807, 2.05) is 39.8 Å². The fourth-order valence-corrected chi connectivity index (χ4v) is 8.85. The number of nitrogens with zero attached hydrogens (tertiary/aromatic N) is 12. The number of aliphatic hydroxyl groups excluding tert-OH is 2. The Kier molecular flexibility index (Phi) is 19.5. The van der Waals surface area contributed by atoms with Crippen LogP contribution in [0.3, 0.4) is 0 Å².